The summed E-state index contributed by atoms with van der Waals surface area (Å²) in [6.45, 7) is 3.58. The Morgan fingerprint density at radius 1 is 1.11 bits per heavy atom. The number of nitrogens with zero attached hydrogens (tertiary/aromatic N) is 4. The van der Waals surface area contributed by atoms with Crippen LogP contribution in [0.4, 0.5) is 10.2 Å². The Morgan fingerprint density at radius 2 is 1.92 bits per heavy atom. The molecular formula is C28H33FN4O3. The molecule has 3 aliphatic rings. The average Bonchev–Trinajstić information content (AvgIpc) is 3.62. The van der Waals surface area contributed by atoms with E-state index in [0.717, 1.165) is 64.5 Å². The normalized spacial score (nSPS) is 24.4. The van der Waals surface area contributed by atoms with Gasteiger partial charge in [-0.2, -0.15) is 0 Å². The molecule has 0 bridgehead atoms. The third-order valence-corrected chi connectivity index (χ3v) is 8.14. The number of fused-ring (bicyclic) bond motifs is 1. The first kappa shape index (κ1) is 23.3. The molecule has 3 aromatic rings. The molecule has 0 radical (unpaired) electrons. The fraction of sp³-hybridized carbons (Fsp3) is 0.536. The zero-order valence-electron chi connectivity index (χ0n) is 20.7. The Morgan fingerprint density at radius 3 is 2.58 bits per heavy atom. The van der Waals surface area contributed by atoms with Gasteiger partial charge in [-0.05, 0) is 68.4 Å². The molecule has 1 N–H and O–H groups in total. The van der Waals surface area contributed by atoms with Crippen LogP contribution in [0.3, 0.4) is 0 Å². The maximum atomic E-state index is 15.6. The highest BCUT2D eigenvalue weighted by Gasteiger charge is 2.41. The number of furan rings is 1. The molecule has 1 saturated heterocycles. The Hall–Kier alpha value is -3.16. The lowest BCUT2D eigenvalue weighted by Gasteiger charge is -2.36. The van der Waals surface area contributed by atoms with Crippen molar-refractivity contribution in [2.75, 3.05) is 18.0 Å². The minimum atomic E-state index is -0.863. The Labute approximate surface area is 210 Å². The minimum Gasteiger partial charge on any atom is -0.507 e. The van der Waals surface area contributed by atoms with E-state index in [1.54, 1.807) is 23.1 Å². The molecule has 1 amide bonds. The first-order valence-electron chi connectivity index (χ1n) is 13.4. The number of aromatic nitrogens is 2. The Bertz CT molecular complexity index is 1250. The topological polar surface area (TPSA) is 82.7 Å². The van der Waals surface area contributed by atoms with Gasteiger partial charge in [0.1, 0.15) is 17.5 Å². The number of rotatable bonds is 6. The molecule has 0 spiro atoms. The van der Waals surface area contributed by atoms with Crippen LogP contribution in [0.15, 0.2) is 34.7 Å². The molecule has 2 saturated carbocycles. The summed E-state index contributed by atoms with van der Waals surface area (Å²) in [6, 6.07) is 8.84. The molecule has 1 aliphatic heterocycles. The summed E-state index contributed by atoms with van der Waals surface area (Å²) < 4.78 is 21.4. The van der Waals surface area contributed by atoms with Crippen molar-refractivity contribution in [1.82, 2.24) is 15.1 Å². The molecule has 3 fully saturated rings. The highest BCUT2D eigenvalue weighted by atomic mass is 19.1. The maximum absolute atomic E-state index is 15.6. The standard InChI is InChI=1S/C28H33FN4O3/c1-2-17-6-3-4-7-22(27(17)29)33(19-8-9-19)26-11-10-21(30-31-26)20-16-24-18(14-23(20)34)15-25(36-24)28(35)32-12-5-13-32/h10-11,14-17,19,22,27,34H,2-9,12-13H2,1H3/t17-,22+,27-/m1/s1. The van der Waals surface area contributed by atoms with Crippen molar-refractivity contribution < 1.29 is 18.7 Å². The van der Waals surface area contributed by atoms with E-state index in [9.17, 15) is 9.90 Å². The number of benzene rings is 1. The van der Waals surface area contributed by atoms with E-state index in [1.165, 1.54) is 0 Å². The van der Waals surface area contributed by atoms with Gasteiger partial charge in [0.2, 0.25) is 0 Å². The van der Waals surface area contributed by atoms with Crippen LogP contribution in [0.2, 0.25) is 0 Å². The monoisotopic (exact) mass is 492 g/mol. The fourth-order valence-corrected chi connectivity index (χ4v) is 5.76. The van der Waals surface area contributed by atoms with Gasteiger partial charge in [0.05, 0.1) is 11.7 Å². The molecule has 0 unspecified atom stereocenters. The fourth-order valence-electron chi connectivity index (χ4n) is 5.76. The largest absolute Gasteiger partial charge is 0.507 e. The number of anilines is 1. The number of carbonyl (C=O) groups excluding carboxylic acids is 1. The van der Waals surface area contributed by atoms with E-state index in [4.69, 9.17) is 4.42 Å². The minimum absolute atomic E-state index is 0.0470. The number of aromatic hydroxyl groups is 1. The zero-order chi connectivity index (χ0) is 24.8. The van der Waals surface area contributed by atoms with Crippen molar-refractivity contribution in [2.45, 2.75) is 76.5 Å². The molecule has 1 aromatic carbocycles. The molecule has 3 heterocycles. The lowest BCUT2D eigenvalue weighted by Crippen LogP contribution is -2.46. The Balaban J connectivity index is 1.28. The second kappa shape index (κ2) is 9.37. The van der Waals surface area contributed by atoms with Gasteiger partial charge >= 0.3 is 0 Å². The van der Waals surface area contributed by atoms with E-state index >= 15 is 4.39 Å². The van der Waals surface area contributed by atoms with Crippen LogP contribution < -0.4 is 4.90 Å². The van der Waals surface area contributed by atoms with Gasteiger partial charge in [-0.1, -0.05) is 26.2 Å². The summed E-state index contributed by atoms with van der Waals surface area (Å²) >= 11 is 0. The number of carbonyl (C=O) groups is 1. The predicted molar refractivity (Wildman–Crippen MR) is 136 cm³/mol. The van der Waals surface area contributed by atoms with Crippen molar-refractivity contribution in [3.63, 3.8) is 0 Å². The summed E-state index contributed by atoms with van der Waals surface area (Å²) in [5.41, 5.74) is 1.51. The van der Waals surface area contributed by atoms with Crippen molar-refractivity contribution in [1.29, 1.82) is 0 Å². The van der Waals surface area contributed by atoms with Gasteiger partial charge in [0, 0.05) is 30.1 Å². The van der Waals surface area contributed by atoms with E-state index in [0.29, 0.717) is 34.1 Å². The number of phenols is 1. The smallest absolute Gasteiger partial charge is 0.289 e. The maximum Gasteiger partial charge on any atom is 0.289 e. The van der Waals surface area contributed by atoms with Gasteiger partial charge in [-0.15, -0.1) is 10.2 Å². The number of alkyl halides is 1. The number of phenolic OH excluding ortho intramolecular Hbond substituents is 1. The van der Waals surface area contributed by atoms with Crippen LogP contribution in [0.1, 0.15) is 68.8 Å². The van der Waals surface area contributed by atoms with E-state index < -0.39 is 6.17 Å². The zero-order valence-corrected chi connectivity index (χ0v) is 20.7. The molecule has 6 rings (SSSR count). The third kappa shape index (κ3) is 4.20. The molecule has 36 heavy (non-hydrogen) atoms. The highest BCUT2D eigenvalue weighted by molar-refractivity contribution is 5.97. The van der Waals surface area contributed by atoms with Crippen LogP contribution >= 0.6 is 0 Å². The van der Waals surface area contributed by atoms with Crippen molar-refractivity contribution in [3.8, 4) is 17.0 Å². The van der Waals surface area contributed by atoms with Gasteiger partial charge < -0.3 is 19.3 Å². The summed E-state index contributed by atoms with van der Waals surface area (Å²) in [5, 5.41) is 20.3. The molecule has 190 valence electrons. The molecule has 2 aromatic heterocycles. The lowest BCUT2D eigenvalue weighted by atomic mass is 9.92. The second-order valence-electron chi connectivity index (χ2n) is 10.5. The summed E-state index contributed by atoms with van der Waals surface area (Å²) in [6.07, 6.45) is 7.03. The third-order valence-electron chi connectivity index (χ3n) is 8.14. The average molecular weight is 493 g/mol. The Kier molecular flexibility index (Phi) is 6.05. The first-order valence-corrected chi connectivity index (χ1v) is 13.4. The van der Waals surface area contributed by atoms with Gasteiger partial charge in [0.25, 0.3) is 5.91 Å². The first-order chi connectivity index (χ1) is 17.5. The van der Waals surface area contributed by atoms with Crippen molar-refractivity contribution in [3.05, 3.63) is 36.1 Å². The van der Waals surface area contributed by atoms with E-state index in [2.05, 4.69) is 22.0 Å². The van der Waals surface area contributed by atoms with Crippen LogP contribution in [0, 0.1) is 5.92 Å². The summed E-state index contributed by atoms with van der Waals surface area (Å²) in [7, 11) is 0. The highest BCUT2D eigenvalue weighted by Crippen LogP contribution is 2.40. The second-order valence-corrected chi connectivity index (χ2v) is 10.5. The van der Waals surface area contributed by atoms with Crippen molar-refractivity contribution >= 4 is 22.7 Å². The number of amides is 1. The summed E-state index contributed by atoms with van der Waals surface area (Å²) in [4.78, 5) is 16.5. The van der Waals surface area contributed by atoms with E-state index in [-0.39, 0.29) is 29.4 Å². The number of hydrogen-bond donors (Lipinski definition) is 1. The van der Waals surface area contributed by atoms with Gasteiger partial charge in [0.15, 0.2) is 11.6 Å². The van der Waals surface area contributed by atoms with Crippen LogP contribution in [0.25, 0.3) is 22.2 Å². The number of hydrogen-bond acceptors (Lipinski definition) is 6. The SMILES string of the molecule is CC[C@@H]1CCCC[C@H](N(c2ccc(-c3cc4oc(C(=O)N5CCC5)cc4cc3O)nn2)C2CC2)[C@@H]1F. The van der Waals surface area contributed by atoms with E-state index in [1.807, 2.05) is 12.1 Å². The molecule has 2 aliphatic carbocycles. The van der Waals surface area contributed by atoms with Crippen LogP contribution in [0.5, 0.6) is 5.75 Å². The molecule has 3 atom stereocenters. The van der Waals surface area contributed by atoms with Gasteiger partial charge in [-0.25, -0.2) is 4.39 Å². The summed E-state index contributed by atoms with van der Waals surface area (Å²) in [5.74, 6) is 0.994. The van der Waals surface area contributed by atoms with Crippen LogP contribution in [-0.2, 0) is 0 Å². The van der Waals surface area contributed by atoms with Crippen molar-refractivity contribution in [2.24, 2.45) is 5.92 Å². The number of halogens is 1. The molecular weight excluding hydrogens is 459 g/mol. The quantitative estimate of drug-likeness (QED) is 0.444. The van der Waals surface area contributed by atoms with Gasteiger partial charge in [-0.3, -0.25) is 4.79 Å². The number of likely N-dealkylation sites (tertiary alicyclic amines) is 1. The molecule has 7 nitrogen and oxygen atoms in total. The van der Waals surface area contributed by atoms with Crippen LogP contribution in [-0.4, -0.2) is 57.5 Å². The lowest BCUT2D eigenvalue weighted by molar-refractivity contribution is 0.0621. The predicted octanol–water partition coefficient (Wildman–Crippen LogP) is 5.72. The molecule has 8 heteroatoms.